The lowest BCUT2D eigenvalue weighted by Crippen LogP contribution is -2.12. The van der Waals surface area contributed by atoms with Gasteiger partial charge < -0.3 is 24.6 Å². The minimum absolute atomic E-state index is 0.229. The number of fused-ring (bicyclic) bond motifs is 1. The summed E-state index contributed by atoms with van der Waals surface area (Å²) in [6, 6.07) is 11.2. The summed E-state index contributed by atoms with van der Waals surface area (Å²) < 4.78 is 15.7. The van der Waals surface area contributed by atoms with Gasteiger partial charge in [-0.3, -0.25) is 0 Å². The van der Waals surface area contributed by atoms with Crippen LogP contribution in [-0.2, 0) is 13.1 Å². The smallest absolute Gasteiger partial charge is 0.231 e. The molecule has 21 heavy (non-hydrogen) atoms. The van der Waals surface area contributed by atoms with Crippen molar-refractivity contribution in [2.24, 2.45) is 0 Å². The van der Waals surface area contributed by atoms with Gasteiger partial charge in [0.15, 0.2) is 11.5 Å². The van der Waals surface area contributed by atoms with Crippen LogP contribution in [0, 0.1) is 0 Å². The molecule has 0 saturated carbocycles. The molecule has 110 valence electrons. The molecule has 3 rings (SSSR count). The van der Waals surface area contributed by atoms with Gasteiger partial charge in [0.2, 0.25) is 6.79 Å². The maximum atomic E-state index is 9.89. The summed E-state index contributed by atoms with van der Waals surface area (Å²) in [5, 5.41) is 13.2. The third-order valence-electron chi connectivity index (χ3n) is 3.37. The third kappa shape index (κ3) is 3.03. The average Bonchev–Trinajstić information content (AvgIpc) is 2.96. The van der Waals surface area contributed by atoms with E-state index in [4.69, 9.17) is 14.2 Å². The number of ether oxygens (including phenoxy) is 3. The molecule has 2 N–H and O–H groups in total. The van der Waals surface area contributed by atoms with Gasteiger partial charge in [-0.2, -0.15) is 0 Å². The van der Waals surface area contributed by atoms with Gasteiger partial charge in [-0.1, -0.05) is 12.1 Å². The van der Waals surface area contributed by atoms with Gasteiger partial charge in [-0.15, -0.1) is 0 Å². The van der Waals surface area contributed by atoms with Crippen LogP contribution in [0.1, 0.15) is 11.1 Å². The Balaban J connectivity index is 1.58. The molecule has 0 aromatic heterocycles. The molecule has 0 atom stereocenters. The molecule has 1 heterocycles. The second-order valence-corrected chi connectivity index (χ2v) is 4.79. The minimum Gasteiger partial charge on any atom is -0.507 e. The van der Waals surface area contributed by atoms with Crippen molar-refractivity contribution in [1.29, 1.82) is 0 Å². The number of aromatic hydroxyl groups is 1. The SMILES string of the molecule is COc1ccc(CNCc2ccc3c(c2)OCO3)c(O)c1. The van der Waals surface area contributed by atoms with Crippen molar-refractivity contribution < 1.29 is 19.3 Å². The molecule has 5 nitrogen and oxygen atoms in total. The third-order valence-corrected chi connectivity index (χ3v) is 3.37. The Kier molecular flexibility index (Phi) is 3.83. The van der Waals surface area contributed by atoms with Crippen molar-refractivity contribution in [3.8, 4) is 23.0 Å². The van der Waals surface area contributed by atoms with E-state index in [0.717, 1.165) is 22.6 Å². The monoisotopic (exact) mass is 287 g/mol. The summed E-state index contributed by atoms with van der Waals surface area (Å²) in [5.41, 5.74) is 1.93. The van der Waals surface area contributed by atoms with Crippen LogP contribution in [0.5, 0.6) is 23.0 Å². The van der Waals surface area contributed by atoms with E-state index in [0.29, 0.717) is 18.8 Å². The van der Waals surface area contributed by atoms with Gasteiger partial charge >= 0.3 is 0 Å². The molecule has 5 heteroatoms. The molecule has 0 radical (unpaired) electrons. The molecule has 1 aliphatic rings. The predicted octanol–water partition coefficient (Wildman–Crippen LogP) is 2.42. The predicted molar refractivity (Wildman–Crippen MR) is 77.8 cm³/mol. The Morgan fingerprint density at radius 3 is 2.76 bits per heavy atom. The maximum absolute atomic E-state index is 9.89. The molecule has 0 saturated heterocycles. The zero-order valence-corrected chi connectivity index (χ0v) is 11.8. The summed E-state index contributed by atoms with van der Waals surface area (Å²) in [4.78, 5) is 0. The summed E-state index contributed by atoms with van der Waals surface area (Å²) >= 11 is 0. The lowest BCUT2D eigenvalue weighted by atomic mass is 10.1. The summed E-state index contributed by atoms with van der Waals surface area (Å²) in [7, 11) is 1.58. The van der Waals surface area contributed by atoms with Gasteiger partial charge in [0, 0.05) is 24.7 Å². The number of hydrogen-bond donors (Lipinski definition) is 2. The highest BCUT2D eigenvalue weighted by Crippen LogP contribution is 2.32. The first-order valence-corrected chi connectivity index (χ1v) is 6.71. The fourth-order valence-corrected chi connectivity index (χ4v) is 2.21. The van der Waals surface area contributed by atoms with Gasteiger partial charge in [-0.05, 0) is 23.8 Å². The first-order valence-electron chi connectivity index (χ1n) is 6.71. The highest BCUT2D eigenvalue weighted by Gasteiger charge is 2.12. The maximum Gasteiger partial charge on any atom is 0.231 e. The molecule has 2 aromatic carbocycles. The fourth-order valence-electron chi connectivity index (χ4n) is 2.21. The van der Waals surface area contributed by atoms with E-state index in [1.54, 1.807) is 13.2 Å². The topological polar surface area (TPSA) is 60.0 Å². The minimum atomic E-state index is 0.229. The zero-order chi connectivity index (χ0) is 14.7. The van der Waals surface area contributed by atoms with E-state index in [1.807, 2.05) is 30.3 Å². The van der Waals surface area contributed by atoms with Gasteiger partial charge in [0.05, 0.1) is 7.11 Å². The summed E-state index contributed by atoms with van der Waals surface area (Å²) in [5.74, 6) is 2.44. The van der Waals surface area contributed by atoms with Crippen LogP contribution < -0.4 is 19.5 Å². The van der Waals surface area contributed by atoms with Crippen LogP contribution in [0.2, 0.25) is 0 Å². The standard InChI is InChI=1S/C16H17NO4/c1-19-13-4-3-12(14(18)7-13)9-17-8-11-2-5-15-16(6-11)21-10-20-15/h2-7,17-18H,8-10H2,1H3. The highest BCUT2D eigenvalue weighted by atomic mass is 16.7. The van der Waals surface area contributed by atoms with Crippen molar-refractivity contribution in [1.82, 2.24) is 5.32 Å². The normalized spacial score (nSPS) is 12.4. The Labute approximate surface area is 123 Å². The molecule has 0 spiro atoms. The summed E-state index contributed by atoms with van der Waals surface area (Å²) in [6.45, 7) is 1.54. The Morgan fingerprint density at radius 2 is 1.95 bits per heavy atom. The molecular weight excluding hydrogens is 270 g/mol. The fraction of sp³-hybridized carbons (Fsp3) is 0.250. The second kappa shape index (κ2) is 5.93. The second-order valence-electron chi connectivity index (χ2n) is 4.79. The average molecular weight is 287 g/mol. The van der Waals surface area contributed by atoms with Gasteiger partial charge in [-0.25, -0.2) is 0 Å². The Bertz CT molecular complexity index is 642. The summed E-state index contributed by atoms with van der Waals surface area (Å²) in [6.07, 6.45) is 0. The largest absolute Gasteiger partial charge is 0.507 e. The lowest BCUT2D eigenvalue weighted by molar-refractivity contribution is 0.174. The van der Waals surface area contributed by atoms with Gasteiger partial charge in [0.25, 0.3) is 0 Å². The van der Waals surface area contributed by atoms with E-state index >= 15 is 0 Å². The molecular formula is C16H17NO4. The molecule has 0 fully saturated rings. The van der Waals surface area contributed by atoms with Crippen molar-refractivity contribution in [2.75, 3.05) is 13.9 Å². The van der Waals surface area contributed by atoms with Crippen LogP contribution in [-0.4, -0.2) is 19.0 Å². The van der Waals surface area contributed by atoms with Crippen molar-refractivity contribution >= 4 is 0 Å². The number of hydrogen-bond acceptors (Lipinski definition) is 5. The highest BCUT2D eigenvalue weighted by molar-refractivity contribution is 5.44. The van der Waals surface area contributed by atoms with E-state index in [1.165, 1.54) is 0 Å². The first kappa shape index (κ1) is 13.6. The van der Waals surface area contributed by atoms with Crippen molar-refractivity contribution in [3.05, 3.63) is 47.5 Å². The van der Waals surface area contributed by atoms with Gasteiger partial charge in [0.1, 0.15) is 11.5 Å². The number of nitrogens with one attached hydrogen (secondary N) is 1. The number of benzene rings is 2. The molecule has 0 bridgehead atoms. The van der Waals surface area contributed by atoms with Crippen LogP contribution in [0.3, 0.4) is 0 Å². The van der Waals surface area contributed by atoms with E-state index in [2.05, 4.69) is 5.32 Å². The number of rotatable bonds is 5. The van der Waals surface area contributed by atoms with E-state index in [9.17, 15) is 5.11 Å². The Hall–Kier alpha value is -2.40. The van der Waals surface area contributed by atoms with Crippen LogP contribution in [0.4, 0.5) is 0 Å². The van der Waals surface area contributed by atoms with Crippen molar-refractivity contribution in [2.45, 2.75) is 13.1 Å². The molecule has 0 unspecified atom stereocenters. The molecule has 2 aromatic rings. The number of phenolic OH excluding ortho intramolecular Hbond substituents is 1. The van der Waals surface area contributed by atoms with E-state index < -0.39 is 0 Å². The Morgan fingerprint density at radius 1 is 1.10 bits per heavy atom. The van der Waals surface area contributed by atoms with Crippen LogP contribution in [0.15, 0.2) is 36.4 Å². The first-order chi connectivity index (χ1) is 10.3. The van der Waals surface area contributed by atoms with Crippen LogP contribution in [0.25, 0.3) is 0 Å². The quantitative estimate of drug-likeness (QED) is 0.884. The number of methoxy groups -OCH3 is 1. The molecule has 1 aliphatic heterocycles. The zero-order valence-electron chi connectivity index (χ0n) is 11.8. The van der Waals surface area contributed by atoms with Crippen molar-refractivity contribution in [3.63, 3.8) is 0 Å². The number of phenols is 1. The molecule has 0 aliphatic carbocycles. The van der Waals surface area contributed by atoms with Crippen LogP contribution >= 0.6 is 0 Å². The van der Waals surface area contributed by atoms with E-state index in [-0.39, 0.29) is 12.5 Å². The molecule has 0 amide bonds. The lowest BCUT2D eigenvalue weighted by Gasteiger charge is -2.09.